The van der Waals surface area contributed by atoms with Crippen molar-refractivity contribution in [2.75, 3.05) is 11.9 Å². The zero-order valence-electron chi connectivity index (χ0n) is 13.5. The average Bonchev–Trinajstić information content (AvgIpc) is 2.62. The zero-order valence-corrected chi connectivity index (χ0v) is 13.5. The monoisotopic (exact) mass is 309 g/mol. The van der Waals surface area contributed by atoms with Crippen molar-refractivity contribution in [2.24, 2.45) is 0 Å². The maximum Gasteiger partial charge on any atom is 0.272 e. The number of likely N-dealkylation sites (tertiary alicyclic amines) is 1. The van der Waals surface area contributed by atoms with E-state index < -0.39 is 0 Å². The van der Waals surface area contributed by atoms with Gasteiger partial charge >= 0.3 is 0 Å². The maximum absolute atomic E-state index is 12.7. The molecule has 1 aliphatic rings. The molecule has 2 aromatic rings. The molecule has 1 N–H and O–H groups in total. The minimum absolute atomic E-state index is 0.0582. The van der Waals surface area contributed by atoms with Crippen molar-refractivity contribution in [3.63, 3.8) is 0 Å². The third kappa shape index (κ3) is 3.70. The highest BCUT2D eigenvalue weighted by atomic mass is 16.2. The molecule has 4 heteroatoms. The van der Waals surface area contributed by atoms with Gasteiger partial charge in [-0.1, -0.05) is 25.1 Å². The summed E-state index contributed by atoms with van der Waals surface area (Å²) in [5, 5.41) is 3.28. The SMILES string of the molecule is CCC1CCCCN1C(=O)c1ccc(Nc2ccccc2)cn1. The molecule has 1 atom stereocenters. The molecule has 1 amide bonds. The molecular weight excluding hydrogens is 286 g/mol. The van der Waals surface area contributed by atoms with E-state index in [1.807, 2.05) is 47.4 Å². The van der Waals surface area contributed by atoms with E-state index in [0.29, 0.717) is 11.7 Å². The Morgan fingerprint density at radius 2 is 2.00 bits per heavy atom. The highest BCUT2D eigenvalue weighted by Crippen LogP contribution is 2.22. The molecule has 0 spiro atoms. The van der Waals surface area contributed by atoms with Crippen LogP contribution in [0.25, 0.3) is 0 Å². The Kier molecular flexibility index (Phi) is 4.91. The van der Waals surface area contributed by atoms with Crippen LogP contribution in [-0.4, -0.2) is 28.4 Å². The fraction of sp³-hybridized carbons (Fsp3) is 0.368. The van der Waals surface area contributed by atoms with Gasteiger partial charge in [0.1, 0.15) is 5.69 Å². The molecule has 3 rings (SSSR count). The molecule has 4 nitrogen and oxygen atoms in total. The van der Waals surface area contributed by atoms with Crippen molar-refractivity contribution in [3.8, 4) is 0 Å². The minimum atomic E-state index is 0.0582. The summed E-state index contributed by atoms with van der Waals surface area (Å²) < 4.78 is 0. The highest BCUT2D eigenvalue weighted by Gasteiger charge is 2.26. The van der Waals surface area contributed by atoms with Gasteiger partial charge in [0, 0.05) is 18.3 Å². The van der Waals surface area contributed by atoms with E-state index in [-0.39, 0.29) is 5.91 Å². The largest absolute Gasteiger partial charge is 0.354 e. The molecule has 1 aromatic carbocycles. The van der Waals surface area contributed by atoms with Gasteiger partial charge in [0.15, 0.2) is 0 Å². The smallest absolute Gasteiger partial charge is 0.272 e. The Morgan fingerprint density at radius 3 is 2.70 bits per heavy atom. The van der Waals surface area contributed by atoms with Crippen molar-refractivity contribution in [1.82, 2.24) is 9.88 Å². The molecule has 1 saturated heterocycles. The molecule has 0 saturated carbocycles. The number of anilines is 2. The third-order valence-electron chi connectivity index (χ3n) is 4.40. The lowest BCUT2D eigenvalue weighted by atomic mass is 9.99. The Hall–Kier alpha value is -2.36. The molecule has 120 valence electrons. The van der Waals surface area contributed by atoms with Gasteiger partial charge in [0.05, 0.1) is 11.9 Å². The maximum atomic E-state index is 12.7. The second kappa shape index (κ2) is 7.27. The van der Waals surface area contributed by atoms with Gasteiger partial charge in [-0.2, -0.15) is 0 Å². The third-order valence-corrected chi connectivity index (χ3v) is 4.40. The summed E-state index contributed by atoms with van der Waals surface area (Å²) in [6.07, 6.45) is 6.16. The van der Waals surface area contributed by atoms with E-state index in [1.54, 1.807) is 6.20 Å². The first-order valence-corrected chi connectivity index (χ1v) is 8.37. The van der Waals surface area contributed by atoms with Gasteiger partial charge < -0.3 is 10.2 Å². The van der Waals surface area contributed by atoms with E-state index in [2.05, 4.69) is 17.2 Å². The molecule has 0 bridgehead atoms. The summed E-state index contributed by atoms with van der Waals surface area (Å²) >= 11 is 0. The van der Waals surface area contributed by atoms with Crippen LogP contribution in [0.15, 0.2) is 48.7 Å². The van der Waals surface area contributed by atoms with Gasteiger partial charge in [0.25, 0.3) is 5.91 Å². The summed E-state index contributed by atoms with van der Waals surface area (Å²) in [4.78, 5) is 19.0. The van der Waals surface area contributed by atoms with Crippen molar-refractivity contribution in [3.05, 3.63) is 54.4 Å². The molecule has 1 aromatic heterocycles. The molecule has 1 unspecified atom stereocenters. The van der Waals surface area contributed by atoms with Crippen molar-refractivity contribution >= 4 is 17.3 Å². The van der Waals surface area contributed by atoms with Gasteiger partial charge in [0.2, 0.25) is 0 Å². The molecule has 1 fully saturated rings. The van der Waals surface area contributed by atoms with E-state index in [4.69, 9.17) is 0 Å². The quantitative estimate of drug-likeness (QED) is 0.919. The number of pyridine rings is 1. The van der Waals surface area contributed by atoms with Crippen LogP contribution in [0, 0.1) is 0 Å². The predicted molar refractivity (Wildman–Crippen MR) is 92.9 cm³/mol. The van der Waals surface area contributed by atoms with Crippen LogP contribution >= 0.6 is 0 Å². The second-order valence-corrected chi connectivity index (χ2v) is 5.98. The number of para-hydroxylation sites is 1. The van der Waals surface area contributed by atoms with Crippen molar-refractivity contribution in [1.29, 1.82) is 0 Å². The first-order chi connectivity index (χ1) is 11.3. The fourth-order valence-corrected chi connectivity index (χ4v) is 3.12. The highest BCUT2D eigenvalue weighted by molar-refractivity contribution is 5.92. The number of carbonyl (C=O) groups is 1. The van der Waals surface area contributed by atoms with Crippen molar-refractivity contribution < 1.29 is 4.79 Å². The number of carbonyl (C=O) groups excluding carboxylic acids is 1. The fourth-order valence-electron chi connectivity index (χ4n) is 3.12. The summed E-state index contributed by atoms with van der Waals surface area (Å²) in [6.45, 7) is 3.00. The van der Waals surface area contributed by atoms with Gasteiger partial charge in [-0.3, -0.25) is 4.79 Å². The van der Waals surface area contributed by atoms with Crippen LogP contribution in [0.2, 0.25) is 0 Å². The van der Waals surface area contributed by atoms with Crippen LogP contribution in [0.1, 0.15) is 43.1 Å². The predicted octanol–water partition coefficient (Wildman–Crippen LogP) is 4.23. The van der Waals surface area contributed by atoms with E-state index in [9.17, 15) is 4.79 Å². The van der Waals surface area contributed by atoms with E-state index in [0.717, 1.165) is 37.2 Å². The second-order valence-electron chi connectivity index (χ2n) is 5.98. The standard InChI is InChI=1S/C19H23N3O/c1-2-17-10-6-7-13-22(17)19(23)18-12-11-16(14-20-18)21-15-8-4-3-5-9-15/h3-5,8-9,11-12,14,17,21H,2,6-7,10,13H2,1H3. The van der Waals surface area contributed by atoms with Crippen LogP contribution in [0.4, 0.5) is 11.4 Å². The average molecular weight is 309 g/mol. The van der Waals surface area contributed by atoms with Gasteiger partial charge in [-0.25, -0.2) is 4.98 Å². The molecule has 0 aliphatic carbocycles. The summed E-state index contributed by atoms with van der Waals surface area (Å²) in [5.41, 5.74) is 2.43. The summed E-state index contributed by atoms with van der Waals surface area (Å²) in [6, 6.07) is 14.0. The van der Waals surface area contributed by atoms with Gasteiger partial charge in [-0.05, 0) is 49.9 Å². The Labute approximate surface area is 137 Å². The number of amides is 1. The Bertz CT molecular complexity index is 639. The number of nitrogens with zero attached hydrogens (tertiary/aromatic N) is 2. The lowest BCUT2D eigenvalue weighted by Crippen LogP contribution is -2.43. The number of aromatic nitrogens is 1. The lowest BCUT2D eigenvalue weighted by Gasteiger charge is -2.35. The number of hydrogen-bond acceptors (Lipinski definition) is 3. The number of piperidine rings is 1. The number of nitrogens with one attached hydrogen (secondary N) is 1. The van der Waals surface area contributed by atoms with Gasteiger partial charge in [-0.15, -0.1) is 0 Å². The summed E-state index contributed by atoms with van der Waals surface area (Å²) in [5.74, 6) is 0.0582. The first kappa shape index (κ1) is 15.5. The molecule has 2 heterocycles. The molecule has 1 aliphatic heterocycles. The lowest BCUT2D eigenvalue weighted by molar-refractivity contribution is 0.0602. The molecule has 23 heavy (non-hydrogen) atoms. The number of hydrogen-bond donors (Lipinski definition) is 1. The minimum Gasteiger partial charge on any atom is -0.354 e. The number of benzene rings is 1. The topological polar surface area (TPSA) is 45.2 Å². The zero-order chi connectivity index (χ0) is 16.1. The van der Waals surface area contributed by atoms with Crippen LogP contribution in [0.5, 0.6) is 0 Å². The van der Waals surface area contributed by atoms with Crippen LogP contribution in [0.3, 0.4) is 0 Å². The van der Waals surface area contributed by atoms with Crippen molar-refractivity contribution in [2.45, 2.75) is 38.6 Å². The van der Waals surface area contributed by atoms with E-state index >= 15 is 0 Å². The summed E-state index contributed by atoms with van der Waals surface area (Å²) in [7, 11) is 0. The Morgan fingerprint density at radius 1 is 1.17 bits per heavy atom. The normalized spacial score (nSPS) is 17.8. The molecule has 0 radical (unpaired) electrons. The van der Waals surface area contributed by atoms with Crippen LogP contribution < -0.4 is 5.32 Å². The Balaban J connectivity index is 1.70. The number of rotatable bonds is 4. The molecular formula is C19H23N3O. The van der Waals surface area contributed by atoms with Crippen LogP contribution in [-0.2, 0) is 0 Å². The first-order valence-electron chi connectivity index (χ1n) is 8.37. The van der Waals surface area contributed by atoms with E-state index in [1.165, 1.54) is 6.42 Å².